The third-order valence-corrected chi connectivity index (χ3v) is 12.1. The fourth-order valence-electron chi connectivity index (χ4n) is 5.22. The van der Waals surface area contributed by atoms with Crippen LogP contribution in [0.4, 0.5) is 0 Å². The predicted molar refractivity (Wildman–Crippen MR) is 247 cm³/mol. The van der Waals surface area contributed by atoms with E-state index >= 15 is 0 Å². The summed E-state index contributed by atoms with van der Waals surface area (Å²) < 4.78 is 51.2. The zero-order valence-corrected chi connectivity index (χ0v) is 40.3. The molecule has 0 aliphatic carbocycles. The van der Waals surface area contributed by atoms with Crippen LogP contribution >= 0.6 is 89.6 Å². The van der Waals surface area contributed by atoms with Gasteiger partial charge in [-0.15, -0.1) is 74.4 Å². The molecule has 0 radical (unpaired) electrons. The number of nitrogens with zero attached hydrogens (tertiary/aromatic N) is 2. The molecule has 0 aromatic heterocycles. The van der Waals surface area contributed by atoms with E-state index < -0.39 is 15.2 Å². The minimum Gasteiger partial charge on any atom is -0.330 e. The summed E-state index contributed by atoms with van der Waals surface area (Å²) in [5.74, 6) is 0. The Bertz CT molecular complexity index is 738. The normalized spacial score (nSPS) is 13.0. The summed E-state index contributed by atoms with van der Waals surface area (Å²) in [5.41, 5.74) is 22.9. The molecule has 0 aromatic carbocycles. The van der Waals surface area contributed by atoms with E-state index in [1.807, 2.05) is 0 Å². The molecule has 8 N–H and O–H groups in total. The third kappa shape index (κ3) is 43.4. The van der Waals surface area contributed by atoms with Gasteiger partial charge in [0.1, 0.15) is 0 Å². The molecule has 0 aliphatic heterocycles. The van der Waals surface area contributed by atoms with Gasteiger partial charge in [-0.05, 0) is 104 Å². The van der Waals surface area contributed by atoms with E-state index in [4.69, 9.17) is 41.0 Å². The highest BCUT2D eigenvalue weighted by atomic mass is 35.5. The van der Waals surface area contributed by atoms with E-state index in [2.05, 4.69) is 23.6 Å². The Morgan fingerprint density at radius 2 is 0.611 bits per heavy atom. The fourth-order valence-corrected chi connectivity index (χ4v) is 8.57. The molecule has 12 nitrogen and oxygen atoms in total. The third-order valence-electron chi connectivity index (χ3n) is 8.28. The first-order valence-corrected chi connectivity index (χ1v) is 22.8. The first kappa shape index (κ1) is 70.4. The van der Waals surface area contributed by atoms with E-state index in [1.165, 1.54) is 0 Å². The lowest BCUT2D eigenvalue weighted by molar-refractivity contribution is 0.185. The van der Waals surface area contributed by atoms with E-state index in [9.17, 15) is 9.13 Å². The molecule has 0 aromatic rings. The summed E-state index contributed by atoms with van der Waals surface area (Å²) in [7, 11) is -6.44. The van der Waals surface area contributed by atoms with Crippen molar-refractivity contribution in [1.82, 2.24) is 9.80 Å². The molecule has 0 heterocycles. The molecule has 54 heavy (non-hydrogen) atoms. The molecular formula is C34H84Cl6N6O6P2. The Morgan fingerprint density at radius 1 is 0.370 bits per heavy atom. The zero-order valence-electron chi connectivity index (χ0n) is 33.6. The molecule has 0 saturated heterocycles. The standard InChI is InChI=1S/C34H78N6O6P2.6ClH/c1-3-5-7-11-29-43-47(41,33-27-39(23-15-19-35)24-16-20-36)45-31-13-9-10-14-32-46-48(42,44-30-12-8-6-4-2)34-28-40(25-17-21-37)26-18-22-38;;;;;;/h3-38H2,1-2H3;6*1H. The monoisotopic (exact) mass is 944 g/mol. The van der Waals surface area contributed by atoms with Gasteiger partial charge in [-0.2, -0.15) is 0 Å². The van der Waals surface area contributed by atoms with Crippen molar-refractivity contribution in [2.24, 2.45) is 22.9 Å². The number of unbranched alkanes of at least 4 members (excludes halogenated alkanes) is 9. The summed E-state index contributed by atoms with van der Waals surface area (Å²) in [6, 6.07) is 0. The minimum atomic E-state index is -3.22. The van der Waals surface area contributed by atoms with Crippen molar-refractivity contribution in [1.29, 1.82) is 0 Å². The van der Waals surface area contributed by atoms with E-state index in [0.717, 1.165) is 129 Å². The van der Waals surface area contributed by atoms with Crippen molar-refractivity contribution < 1.29 is 27.2 Å². The maximum Gasteiger partial charge on any atom is 0.331 e. The average Bonchev–Trinajstić information content (AvgIpc) is 3.08. The Hall–Kier alpha value is 1.80. The average molecular weight is 948 g/mol. The molecule has 0 rings (SSSR count). The largest absolute Gasteiger partial charge is 0.331 e. The van der Waals surface area contributed by atoms with Crippen LogP contribution in [-0.2, 0) is 27.2 Å². The van der Waals surface area contributed by atoms with Gasteiger partial charge < -0.3 is 50.8 Å². The smallest absolute Gasteiger partial charge is 0.330 e. The van der Waals surface area contributed by atoms with Gasteiger partial charge in [0.25, 0.3) is 0 Å². The van der Waals surface area contributed by atoms with Crippen LogP contribution in [0.3, 0.4) is 0 Å². The highest BCUT2D eigenvalue weighted by Gasteiger charge is 2.27. The van der Waals surface area contributed by atoms with Crippen LogP contribution in [0.5, 0.6) is 0 Å². The van der Waals surface area contributed by atoms with E-state index in [-0.39, 0.29) is 74.4 Å². The number of rotatable bonds is 39. The Labute approximate surface area is 368 Å². The van der Waals surface area contributed by atoms with Gasteiger partial charge in [-0.1, -0.05) is 65.2 Å². The quantitative estimate of drug-likeness (QED) is 0.0341. The SMILES string of the molecule is CCCCCCOP(=O)(CCN(CCCN)CCCN)OCCCCCCOP(=O)(CCN(CCCN)CCCN)OCCCCCC.Cl.Cl.Cl.Cl.Cl.Cl. The maximum atomic E-state index is 13.7. The van der Waals surface area contributed by atoms with Gasteiger partial charge in [0.2, 0.25) is 0 Å². The van der Waals surface area contributed by atoms with Gasteiger partial charge in [-0.25, -0.2) is 0 Å². The molecule has 2 atom stereocenters. The topological polar surface area (TPSA) is 182 Å². The van der Waals surface area contributed by atoms with Crippen molar-refractivity contribution in [3.63, 3.8) is 0 Å². The zero-order chi connectivity index (χ0) is 35.6. The van der Waals surface area contributed by atoms with Gasteiger partial charge in [0.15, 0.2) is 0 Å². The minimum absolute atomic E-state index is 0. The molecule has 338 valence electrons. The second kappa shape index (κ2) is 50.9. The lowest BCUT2D eigenvalue weighted by Crippen LogP contribution is -2.31. The van der Waals surface area contributed by atoms with Crippen LogP contribution in [0.15, 0.2) is 0 Å². The van der Waals surface area contributed by atoms with Crippen LogP contribution in [0.2, 0.25) is 0 Å². The first-order valence-electron chi connectivity index (χ1n) is 19.3. The van der Waals surface area contributed by atoms with Crippen LogP contribution in [0, 0.1) is 0 Å². The Kier molecular flexibility index (Phi) is 66.4. The van der Waals surface area contributed by atoms with Crippen LogP contribution in [0.25, 0.3) is 0 Å². The van der Waals surface area contributed by atoms with Crippen molar-refractivity contribution >= 4 is 89.6 Å². The highest BCUT2D eigenvalue weighted by molar-refractivity contribution is 7.54. The first-order chi connectivity index (χ1) is 23.3. The molecule has 0 bridgehead atoms. The number of halogens is 6. The molecule has 0 saturated carbocycles. The van der Waals surface area contributed by atoms with Gasteiger partial charge in [-0.3, -0.25) is 9.13 Å². The highest BCUT2D eigenvalue weighted by Crippen LogP contribution is 2.49. The maximum absolute atomic E-state index is 13.7. The second-order valence-electron chi connectivity index (χ2n) is 12.8. The molecular weight excluding hydrogens is 863 g/mol. The summed E-state index contributed by atoms with van der Waals surface area (Å²) in [4.78, 5) is 4.53. The van der Waals surface area contributed by atoms with E-state index in [1.54, 1.807) is 0 Å². The Morgan fingerprint density at radius 3 is 0.833 bits per heavy atom. The summed E-state index contributed by atoms with van der Waals surface area (Å²) in [6.07, 6.45) is 16.1. The summed E-state index contributed by atoms with van der Waals surface area (Å²) in [5, 5.41) is 0. The molecule has 2 unspecified atom stereocenters. The number of nitrogens with two attached hydrogens (primary N) is 4. The number of hydrogen-bond donors (Lipinski definition) is 4. The van der Waals surface area contributed by atoms with Crippen molar-refractivity contribution in [3.8, 4) is 0 Å². The second-order valence-corrected chi connectivity index (χ2v) is 17.2. The molecule has 0 spiro atoms. The summed E-state index contributed by atoms with van der Waals surface area (Å²) in [6.45, 7) is 13.2. The van der Waals surface area contributed by atoms with Crippen molar-refractivity contribution in [2.45, 2.75) is 117 Å². The van der Waals surface area contributed by atoms with Crippen molar-refractivity contribution in [3.05, 3.63) is 0 Å². The van der Waals surface area contributed by atoms with Gasteiger partial charge in [0.05, 0.1) is 38.8 Å². The molecule has 0 aliphatic rings. The predicted octanol–water partition coefficient (Wildman–Crippen LogP) is 8.69. The molecule has 0 amide bonds. The lowest BCUT2D eigenvalue weighted by atomic mass is 10.2. The van der Waals surface area contributed by atoms with Crippen LogP contribution < -0.4 is 22.9 Å². The van der Waals surface area contributed by atoms with Gasteiger partial charge in [0, 0.05) is 13.1 Å². The van der Waals surface area contributed by atoms with E-state index in [0.29, 0.717) is 78.0 Å². The lowest BCUT2D eigenvalue weighted by Gasteiger charge is -2.25. The molecule has 20 heteroatoms. The van der Waals surface area contributed by atoms with Crippen LogP contribution in [0.1, 0.15) is 117 Å². The Balaban J connectivity index is -0.000000736. The van der Waals surface area contributed by atoms with Crippen LogP contribution in [-0.4, -0.2) is 114 Å². The fraction of sp³-hybridized carbons (Fsp3) is 1.00. The van der Waals surface area contributed by atoms with Gasteiger partial charge >= 0.3 is 15.2 Å². The summed E-state index contributed by atoms with van der Waals surface area (Å²) >= 11 is 0. The van der Waals surface area contributed by atoms with Crippen molar-refractivity contribution in [2.75, 3.05) is 104 Å². The molecule has 0 fully saturated rings. The number of hydrogen-bond acceptors (Lipinski definition) is 12.